The van der Waals surface area contributed by atoms with E-state index in [1.54, 1.807) is 0 Å². The van der Waals surface area contributed by atoms with Gasteiger partial charge in [0.25, 0.3) is 0 Å². The third-order valence-electron chi connectivity index (χ3n) is 10.1. The van der Waals surface area contributed by atoms with Crippen LogP contribution in [0.2, 0.25) is 0 Å². The lowest BCUT2D eigenvalue weighted by molar-refractivity contribution is -0.137. The maximum absolute atomic E-state index is 13.1. The molecule has 3 aromatic rings. The molecular formula is C33H41N7O. The largest absolute Gasteiger partial charge is 0.370 e. The molecule has 1 spiro atoms. The highest BCUT2D eigenvalue weighted by Gasteiger charge is 2.52. The second kappa shape index (κ2) is 10.4. The number of hydrogen-bond acceptors (Lipinski definition) is 6. The van der Waals surface area contributed by atoms with E-state index in [1.165, 1.54) is 48.7 Å². The Kier molecular flexibility index (Phi) is 6.66. The van der Waals surface area contributed by atoms with Crippen LogP contribution in [0, 0.1) is 28.6 Å². The van der Waals surface area contributed by atoms with Gasteiger partial charge in [0.05, 0.1) is 17.3 Å². The molecule has 4 fully saturated rings. The quantitative estimate of drug-likeness (QED) is 0.465. The number of amides is 1. The van der Waals surface area contributed by atoms with Gasteiger partial charge in [-0.2, -0.15) is 10.4 Å². The van der Waals surface area contributed by atoms with Crippen LogP contribution in [0.5, 0.6) is 0 Å². The number of carbonyl (C=O) groups excluding carboxylic acids is 1. The van der Waals surface area contributed by atoms with Gasteiger partial charge in [-0.05, 0) is 69.4 Å². The molecule has 7 rings (SSSR count). The molecule has 0 bridgehead atoms. The Labute approximate surface area is 243 Å². The number of likely N-dealkylation sites (tertiary alicyclic amines) is 1. The molecule has 1 aliphatic carbocycles. The predicted molar refractivity (Wildman–Crippen MR) is 162 cm³/mol. The second-order valence-electron chi connectivity index (χ2n) is 13.2. The molecule has 3 saturated heterocycles. The van der Waals surface area contributed by atoms with Crippen LogP contribution in [0.4, 0.5) is 11.4 Å². The van der Waals surface area contributed by atoms with Gasteiger partial charge in [-0.3, -0.25) is 9.69 Å². The molecular weight excluding hydrogens is 510 g/mol. The van der Waals surface area contributed by atoms with Gasteiger partial charge >= 0.3 is 0 Å². The Morgan fingerprint density at radius 2 is 1.63 bits per heavy atom. The predicted octanol–water partition coefficient (Wildman–Crippen LogP) is 4.51. The van der Waals surface area contributed by atoms with Crippen molar-refractivity contribution in [2.75, 3.05) is 62.2 Å². The van der Waals surface area contributed by atoms with Crippen LogP contribution < -0.4 is 9.80 Å². The molecule has 8 nitrogen and oxygen atoms in total. The molecule has 0 atom stereocenters. The van der Waals surface area contributed by atoms with Crippen LogP contribution in [0.3, 0.4) is 0 Å². The number of anilines is 2. The standard InChI is InChI=1S/C33H41N7O/c1-24(2)38-20-33(21-38)22-39(23-33)29-9-7-26(8-10-29)28-17-31-30(11-12-35-40(31)19-28)36-13-15-37(16-14-36)32(41)27-5-3-25(18-34)4-6-27/h7-12,17,19,24-25,27H,3-6,13-16,20-23H2,1-2H3. The van der Waals surface area contributed by atoms with Crippen molar-refractivity contribution < 1.29 is 4.79 Å². The summed E-state index contributed by atoms with van der Waals surface area (Å²) in [5, 5.41) is 13.8. The first kappa shape index (κ1) is 26.3. The molecule has 2 aromatic heterocycles. The van der Waals surface area contributed by atoms with Crippen LogP contribution in [0.1, 0.15) is 39.5 Å². The topological polar surface area (TPSA) is 71.1 Å². The van der Waals surface area contributed by atoms with Crippen molar-refractivity contribution in [2.45, 2.75) is 45.6 Å². The van der Waals surface area contributed by atoms with E-state index in [9.17, 15) is 10.1 Å². The molecule has 0 unspecified atom stereocenters. The van der Waals surface area contributed by atoms with E-state index >= 15 is 0 Å². The van der Waals surface area contributed by atoms with Gasteiger partial charge in [-0.15, -0.1) is 0 Å². The maximum atomic E-state index is 13.1. The van der Waals surface area contributed by atoms with Gasteiger partial charge in [0.2, 0.25) is 5.91 Å². The number of nitriles is 1. The van der Waals surface area contributed by atoms with E-state index in [-0.39, 0.29) is 17.7 Å². The number of aromatic nitrogens is 2. The summed E-state index contributed by atoms with van der Waals surface area (Å²) in [5.41, 5.74) is 6.48. The molecule has 8 heteroatoms. The Bertz CT molecular complexity index is 1440. The van der Waals surface area contributed by atoms with Gasteiger partial charge in [-0.25, -0.2) is 4.52 Å². The van der Waals surface area contributed by atoms with Crippen LogP contribution in [0.15, 0.2) is 48.8 Å². The van der Waals surface area contributed by atoms with E-state index in [0.29, 0.717) is 11.5 Å². The number of rotatable bonds is 5. The SMILES string of the molecule is CC(C)N1CC2(CN(c3ccc(-c4cc5c(N6CCN(C(=O)C7CCC(C#N)CC7)CC6)ccnn5c4)cc3)C2)C1. The molecule has 3 aliphatic heterocycles. The molecule has 5 heterocycles. The minimum Gasteiger partial charge on any atom is -0.370 e. The number of fused-ring (bicyclic) bond motifs is 1. The van der Waals surface area contributed by atoms with Gasteiger partial charge in [-0.1, -0.05) is 12.1 Å². The minimum absolute atomic E-state index is 0.0917. The fourth-order valence-electron chi connectivity index (χ4n) is 7.51. The van der Waals surface area contributed by atoms with Crippen molar-refractivity contribution in [3.8, 4) is 17.2 Å². The summed E-state index contributed by atoms with van der Waals surface area (Å²) in [6.45, 7) is 12.5. The third kappa shape index (κ3) is 4.84. The fourth-order valence-corrected chi connectivity index (χ4v) is 7.51. The fraction of sp³-hybridized carbons (Fsp3) is 0.545. The number of piperazine rings is 1. The highest BCUT2D eigenvalue weighted by Crippen LogP contribution is 2.43. The van der Waals surface area contributed by atoms with Crippen LogP contribution in [0.25, 0.3) is 16.6 Å². The zero-order chi connectivity index (χ0) is 28.1. The van der Waals surface area contributed by atoms with E-state index in [0.717, 1.165) is 57.4 Å². The number of carbonyl (C=O) groups is 1. The molecule has 0 radical (unpaired) electrons. The summed E-state index contributed by atoms with van der Waals surface area (Å²) in [5.74, 6) is 0.508. The lowest BCUT2D eigenvalue weighted by atomic mass is 9.72. The monoisotopic (exact) mass is 551 g/mol. The van der Waals surface area contributed by atoms with E-state index < -0.39 is 0 Å². The normalized spacial score (nSPS) is 24.4. The summed E-state index contributed by atoms with van der Waals surface area (Å²) in [4.78, 5) is 22.7. The lowest BCUT2D eigenvalue weighted by Crippen LogP contribution is -2.73. The van der Waals surface area contributed by atoms with Crippen molar-refractivity contribution in [3.05, 3.63) is 48.8 Å². The molecule has 0 N–H and O–H groups in total. The van der Waals surface area contributed by atoms with Gasteiger partial charge in [0.15, 0.2) is 0 Å². The summed E-state index contributed by atoms with van der Waals surface area (Å²) in [7, 11) is 0. The second-order valence-corrected chi connectivity index (χ2v) is 13.2. The smallest absolute Gasteiger partial charge is 0.225 e. The average molecular weight is 552 g/mol. The zero-order valence-corrected chi connectivity index (χ0v) is 24.4. The molecule has 1 aromatic carbocycles. The summed E-state index contributed by atoms with van der Waals surface area (Å²) in [6, 6.07) is 16.4. The number of nitrogens with zero attached hydrogens (tertiary/aromatic N) is 7. The van der Waals surface area contributed by atoms with E-state index in [1.807, 2.05) is 15.6 Å². The van der Waals surface area contributed by atoms with Gasteiger partial charge < -0.3 is 14.7 Å². The minimum atomic E-state index is 0.0917. The first-order valence-corrected chi connectivity index (χ1v) is 15.4. The maximum Gasteiger partial charge on any atom is 0.225 e. The molecule has 41 heavy (non-hydrogen) atoms. The summed E-state index contributed by atoms with van der Waals surface area (Å²) in [6.07, 6.45) is 7.42. The van der Waals surface area contributed by atoms with Crippen molar-refractivity contribution in [1.29, 1.82) is 5.26 Å². The summed E-state index contributed by atoms with van der Waals surface area (Å²) >= 11 is 0. The number of benzene rings is 1. The summed E-state index contributed by atoms with van der Waals surface area (Å²) < 4.78 is 1.99. The van der Waals surface area contributed by atoms with Gasteiger partial charge in [0, 0.05) is 99.3 Å². The molecule has 4 aliphatic rings. The Morgan fingerprint density at radius 1 is 0.927 bits per heavy atom. The first-order valence-electron chi connectivity index (χ1n) is 15.4. The number of hydrogen-bond donors (Lipinski definition) is 0. The van der Waals surface area contributed by atoms with Crippen molar-refractivity contribution >= 4 is 22.8 Å². The Hall–Kier alpha value is -3.57. The third-order valence-corrected chi connectivity index (χ3v) is 10.1. The average Bonchev–Trinajstić information content (AvgIpc) is 3.40. The van der Waals surface area contributed by atoms with Crippen molar-refractivity contribution in [1.82, 2.24) is 19.4 Å². The first-order chi connectivity index (χ1) is 19.9. The van der Waals surface area contributed by atoms with Crippen molar-refractivity contribution in [3.63, 3.8) is 0 Å². The Morgan fingerprint density at radius 3 is 2.29 bits per heavy atom. The van der Waals surface area contributed by atoms with E-state index in [4.69, 9.17) is 0 Å². The molecule has 214 valence electrons. The van der Waals surface area contributed by atoms with E-state index in [2.05, 4.69) is 82.3 Å². The molecule has 1 amide bonds. The lowest BCUT2D eigenvalue weighted by Gasteiger charge is -2.62. The zero-order valence-electron chi connectivity index (χ0n) is 24.4. The highest BCUT2D eigenvalue weighted by atomic mass is 16.2. The van der Waals surface area contributed by atoms with Crippen LogP contribution >= 0.6 is 0 Å². The molecule has 1 saturated carbocycles. The van der Waals surface area contributed by atoms with Crippen molar-refractivity contribution in [2.24, 2.45) is 17.3 Å². The highest BCUT2D eigenvalue weighted by molar-refractivity contribution is 5.82. The Balaban J connectivity index is 0.987. The van der Waals surface area contributed by atoms with Crippen LogP contribution in [-0.2, 0) is 4.79 Å². The van der Waals surface area contributed by atoms with Crippen LogP contribution in [-0.4, -0.2) is 83.7 Å². The van der Waals surface area contributed by atoms with Gasteiger partial charge in [0.1, 0.15) is 0 Å².